The summed E-state index contributed by atoms with van der Waals surface area (Å²) in [4.78, 5) is 38.1. The third-order valence-corrected chi connectivity index (χ3v) is 12.3. The van der Waals surface area contributed by atoms with E-state index in [1.165, 1.54) is 103 Å². The first-order chi connectivity index (χ1) is 34.5. The molecule has 400 valence electrons. The van der Waals surface area contributed by atoms with E-state index in [4.69, 9.17) is 14.2 Å². The van der Waals surface area contributed by atoms with Crippen molar-refractivity contribution < 1.29 is 28.6 Å². The van der Waals surface area contributed by atoms with E-state index in [2.05, 4.69) is 118 Å². The fraction of sp³-hybridized carbons (Fsp3) is 0.703. The number of unbranched alkanes of at least 4 members (excludes halogenated alkanes) is 25. The monoisotopic (exact) mass is 973 g/mol. The van der Waals surface area contributed by atoms with Crippen molar-refractivity contribution in [1.82, 2.24) is 0 Å². The minimum Gasteiger partial charge on any atom is -0.462 e. The molecular formula is C64H108O6. The lowest BCUT2D eigenvalue weighted by molar-refractivity contribution is -0.167. The van der Waals surface area contributed by atoms with Crippen LogP contribution in [0.3, 0.4) is 0 Å². The topological polar surface area (TPSA) is 78.9 Å². The number of ether oxygens (including phenoxy) is 3. The fourth-order valence-electron chi connectivity index (χ4n) is 7.89. The SMILES string of the molecule is CC/C=C\C/C=C\C/C=C\C/C=C\C/C=C\CCCCCCCCCCCC(=O)OCC(COC(=O)CCCCCCC/C=C\CCCCCC)OC(=O)CCCCCCC/C=C\C/C=C\CCCC. The highest BCUT2D eigenvalue weighted by molar-refractivity contribution is 5.71. The standard InChI is InChI=1S/C64H108O6/c1-4-7-10-13-16-19-22-25-27-28-29-30-31-32-33-34-35-36-37-40-42-45-48-51-54-57-63(66)69-60-61(59-68-62(65)56-53-50-47-44-41-38-24-21-18-15-12-9-6-3)70-64(67)58-55-52-49-46-43-39-26-23-20-17-14-11-8-5-2/h7,10,14,16-17,19,21,23-27,29-30,32-33,61H,4-6,8-9,11-13,15,18,20,22,28,31,34-60H2,1-3H3/b10-7-,17-14-,19-16-,24-21-,26-23-,27-25-,30-29-,33-32-. The van der Waals surface area contributed by atoms with Gasteiger partial charge in [0.1, 0.15) is 13.2 Å². The van der Waals surface area contributed by atoms with E-state index in [0.717, 1.165) is 128 Å². The van der Waals surface area contributed by atoms with Crippen LogP contribution in [0.5, 0.6) is 0 Å². The van der Waals surface area contributed by atoms with Crippen molar-refractivity contribution in [3.63, 3.8) is 0 Å². The highest BCUT2D eigenvalue weighted by Gasteiger charge is 2.19. The summed E-state index contributed by atoms with van der Waals surface area (Å²) in [7, 11) is 0. The molecule has 0 fully saturated rings. The summed E-state index contributed by atoms with van der Waals surface area (Å²) in [5.74, 6) is -0.915. The first kappa shape index (κ1) is 66.3. The van der Waals surface area contributed by atoms with E-state index >= 15 is 0 Å². The molecular weight excluding hydrogens is 865 g/mol. The summed E-state index contributed by atoms with van der Waals surface area (Å²) in [6.45, 7) is 6.45. The predicted molar refractivity (Wildman–Crippen MR) is 302 cm³/mol. The van der Waals surface area contributed by atoms with Crippen LogP contribution in [0.15, 0.2) is 97.2 Å². The largest absolute Gasteiger partial charge is 0.462 e. The molecule has 1 atom stereocenters. The van der Waals surface area contributed by atoms with Gasteiger partial charge in [-0.15, -0.1) is 0 Å². The Kier molecular flexibility index (Phi) is 54.9. The van der Waals surface area contributed by atoms with Crippen LogP contribution in [0, 0.1) is 0 Å². The van der Waals surface area contributed by atoms with Crippen molar-refractivity contribution in [3.8, 4) is 0 Å². The van der Waals surface area contributed by atoms with Gasteiger partial charge in [0.2, 0.25) is 0 Å². The molecule has 0 bridgehead atoms. The number of carbonyl (C=O) groups excluding carboxylic acids is 3. The van der Waals surface area contributed by atoms with Gasteiger partial charge in [0.05, 0.1) is 0 Å². The molecule has 1 unspecified atom stereocenters. The van der Waals surface area contributed by atoms with Crippen LogP contribution in [-0.4, -0.2) is 37.2 Å². The van der Waals surface area contributed by atoms with Crippen molar-refractivity contribution in [3.05, 3.63) is 97.2 Å². The predicted octanol–water partition coefficient (Wildman–Crippen LogP) is 19.7. The van der Waals surface area contributed by atoms with Crippen molar-refractivity contribution in [2.75, 3.05) is 13.2 Å². The molecule has 6 heteroatoms. The lowest BCUT2D eigenvalue weighted by Crippen LogP contribution is -2.30. The quantitative estimate of drug-likeness (QED) is 0.0262. The Labute approximate surface area is 432 Å². The van der Waals surface area contributed by atoms with Gasteiger partial charge in [-0.1, -0.05) is 234 Å². The smallest absolute Gasteiger partial charge is 0.306 e. The number of allylic oxidation sites excluding steroid dienone is 16. The molecule has 0 saturated heterocycles. The maximum absolute atomic E-state index is 12.8. The second kappa shape index (κ2) is 57.9. The van der Waals surface area contributed by atoms with Gasteiger partial charge in [0, 0.05) is 19.3 Å². The highest BCUT2D eigenvalue weighted by Crippen LogP contribution is 2.15. The lowest BCUT2D eigenvalue weighted by Gasteiger charge is -2.18. The molecule has 0 heterocycles. The van der Waals surface area contributed by atoms with Crippen molar-refractivity contribution >= 4 is 17.9 Å². The minimum absolute atomic E-state index is 0.0891. The Bertz CT molecular complexity index is 1400. The average Bonchev–Trinajstić information content (AvgIpc) is 3.36. The van der Waals surface area contributed by atoms with Gasteiger partial charge in [-0.2, -0.15) is 0 Å². The Balaban J connectivity index is 4.33. The average molecular weight is 974 g/mol. The Morgan fingerprint density at radius 2 is 0.571 bits per heavy atom. The summed E-state index contributed by atoms with van der Waals surface area (Å²) in [5.41, 5.74) is 0. The maximum atomic E-state index is 12.8. The first-order valence-corrected chi connectivity index (χ1v) is 29.2. The summed E-state index contributed by atoms with van der Waals surface area (Å²) in [5, 5.41) is 0. The van der Waals surface area contributed by atoms with E-state index in [9.17, 15) is 14.4 Å². The van der Waals surface area contributed by atoms with E-state index in [1.54, 1.807) is 0 Å². The molecule has 0 radical (unpaired) electrons. The summed E-state index contributed by atoms with van der Waals surface area (Å²) >= 11 is 0. The van der Waals surface area contributed by atoms with E-state index in [-0.39, 0.29) is 31.1 Å². The molecule has 0 amide bonds. The van der Waals surface area contributed by atoms with E-state index in [1.807, 2.05) is 0 Å². The van der Waals surface area contributed by atoms with Gasteiger partial charge >= 0.3 is 17.9 Å². The van der Waals surface area contributed by atoms with Crippen LogP contribution in [0.2, 0.25) is 0 Å². The van der Waals surface area contributed by atoms with Gasteiger partial charge in [-0.3, -0.25) is 14.4 Å². The van der Waals surface area contributed by atoms with Crippen LogP contribution in [0.1, 0.15) is 271 Å². The Hall–Kier alpha value is -3.67. The van der Waals surface area contributed by atoms with Gasteiger partial charge < -0.3 is 14.2 Å². The third kappa shape index (κ3) is 55.3. The zero-order valence-electron chi connectivity index (χ0n) is 45.8. The molecule has 0 N–H and O–H groups in total. The van der Waals surface area contributed by atoms with Crippen LogP contribution in [0.25, 0.3) is 0 Å². The zero-order valence-corrected chi connectivity index (χ0v) is 45.8. The summed E-state index contributed by atoms with van der Waals surface area (Å²) in [6.07, 6.45) is 76.8. The Morgan fingerprint density at radius 3 is 0.929 bits per heavy atom. The molecule has 70 heavy (non-hydrogen) atoms. The van der Waals surface area contributed by atoms with E-state index < -0.39 is 6.10 Å². The number of rotatable bonds is 52. The maximum Gasteiger partial charge on any atom is 0.306 e. The molecule has 6 nitrogen and oxygen atoms in total. The Morgan fingerprint density at radius 1 is 0.300 bits per heavy atom. The lowest BCUT2D eigenvalue weighted by atomic mass is 10.1. The first-order valence-electron chi connectivity index (χ1n) is 29.2. The van der Waals surface area contributed by atoms with Crippen LogP contribution in [-0.2, 0) is 28.6 Å². The zero-order chi connectivity index (χ0) is 50.7. The van der Waals surface area contributed by atoms with Crippen molar-refractivity contribution in [2.24, 2.45) is 0 Å². The highest BCUT2D eigenvalue weighted by atomic mass is 16.6. The van der Waals surface area contributed by atoms with E-state index in [0.29, 0.717) is 19.3 Å². The normalized spacial score (nSPS) is 12.8. The fourth-order valence-corrected chi connectivity index (χ4v) is 7.89. The number of carbonyl (C=O) groups is 3. The van der Waals surface area contributed by atoms with Gasteiger partial charge in [0.15, 0.2) is 6.10 Å². The minimum atomic E-state index is -0.791. The molecule has 0 aliphatic carbocycles. The molecule has 0 aromatic heterocycles. The number of hydrogen-bond donors (Lipinski definition) is 0. The second-order valence-electron chi connectivity index (χ2n) is 19.2. The van der Waals surface area contributed by atoms with Crippen molar-refractivity contribution in [2.45, 2.75) is 277 Å². The van der Waals surface area contributed by atoms with Gasteiger partial charge in [-0.05, 0) is 116 Å². The molecule has 0 aliphatic rings. The molecule has 0 rings (SSSR count). The molecule has 0 saturated carbocycles. The summed E-state index contributed by atoms with van der Waals surface area (Å²) < 4.78 is 16.8. The van der Waals surface area contributed by atoms with Crippen molar-refractivity contribution in [1.29, 1.82) is 0 Å². The van der Waals surface area contributed by atoms with Gasteiger partial charge in [0.25, 0.3) is 0 Å². The van der Waals surface area contributed by atoms with Gasteiger partial charge in [-0.25, -0.2) is 0 Å². The molecule has 0 aromatic rings. The number of hydrogen-bond acceptors (Lipinski definition) is 6. The molecule has 0 aromatic carbocycles. The second-order valence-corrected chi connectivity index (χ2v) is 19.2. The summed E-state index contributed by atoms with van der Waals surface area (Å²) in [6, 6.07) is 0. The molecule has 0 aliphatic heterocycles. The van der Waals surface area contributed by atoms with Crippen LogP contribution < -0.4 is 0 Å². The van der Waals surface area contributed by atoms with Crippen LogP contribution in [0.4, 0.5) is 0 Å². The molecule has 0 spiro atoms. The third-order valence-electron chi connectivity index (χ3n) is 12.3. The van der Waals surface area contributed by atoms with Crippen LogP contribution >= 0.6 is 0 Å². The number of esters is 3.